The fraction of sp³-hybridized carbons (Fsp3) is 0.625. The molecule has 23 heavy (non-hydrogen) atoms. The number of hydrogen-bond donors (Lipinski definition) is 3. The number of aliphatic hydroxyl groups is 3. The molecule has 1 aromatic carbocycles. The van der Waals surface area contributed by atoms with Crippen LogP contribution in [-0.2, 0) is 9.47 Å². The third-order valence-corrected chi connectivity index (χ3v) is 4.21. The van der Waals surface area contributed by atoms with Crippen molar-refractivity contribution in [3.8, 4) is 5.75 Å². The summed E-state index contributed by atoms with van der Waals surface area (Å²) >= 11 is 0. The van der Waals surface area contributed by atoms with Gasteiger partial charge in [-0.1, -0.05) is 18.2 Å². The Labute approximate surface area is 135 Å². The lowest BCUT2D eigenvalue weighted by atomic mass is 9.98. The summed E-state index contributed by atoms with van der Waals surface area (Å²) in [5, 5.41) is 30.4. The average molecular weight is 325 g/mol. The van der Waals surface area contributed by atoms with Crippen LogP contribution in [0.5, 0.6) is 5.75 Å². The van der Waals surface area contributed by atoms with Crippen LogP contribution in [0, 0.1) is 0 Å². The van der Waals surface area contributed by atoms with Gasteiger partial charge in [-0.05, 0) is 12.1 Å². The Balaban J connectivity index is 1.65. The van der Waals surface area contributed by atoms with E-state index in [-0.39, 0.29) is 0 Å². The van der Waals surface area contributed by atoms with E-state index in [1.807, 2.05) is 6.07 Å². The van der Waals surface area contributed by atoms with Crippen LogP contribution in [0.1, 0.15) is 0 Å². The zero-order valence-electron chi connectivity index (χ0n) is 12.8. The lowest BCUT2D eigenvalue weighted by Crippen LogP contribution is -2.61. The fourth-order valence-corrected chi connectivity index (χ4v) is 2.84. The van der Waals surface area contributed by atoms with Crippen LogP contribution in [0.4, 0.5) is 0 Å². The van der Waals surface area contributed by atoms with Crippen LogP contribution < -0.4 is 4.74 Å². The minimum Gasteiger partial charge on any atom is -0.462 e. The van der Waals surface area contributed by atoms with E-state index in [0.29, 0.717) is 25.5 Å². The van der Waals surface area contributed by atoms with E-state index < -0.39 is 30.7 Å². The van der Waals surface area contributed by atoms with E-state index in [2.05, 4.69) is 4.90 Å². The smallest absolute Gasteiger partial charge is 0.229 e. The van der Waals surface area contributed by atoms with Crippen molar-refractivity contribution in [2.24, 2.45) is 0 Å². The minimum atomic E-state index is -1.32. The third-order valence-electron chi connectivity index (χ3n) is 4.21. The predicted molar refractivity (Wildman–Crippen MR) is 81.0 cm³/mol. The largest absolute Gasteiger partial charge is 0.462 e. The van der Waals surface area contributed by atoms with Crippen molar-refractivity contribution in [1.82, 2.24) is 4.90 Å². The summed E-state index contributed by atoms with van der Waals surface area (Å²) in [7, 11) is 0. The highest BCUT2D eigenvalue weighted by Gasteiger charge is 2.45. The number of rotatable bonds is 4. The number of aliphatic hydroxyl groups excluding tert-OH is 3. The molecule has 1 aromatic rings. The molecule has 0 spiro atoms. The summed E-state index contributed by atoms with van der Waals surface area (Å²) < 4.78 is 16.6. The molecule has 2 aliphatic rings. The van der Waals surface area contributed by atoms with Crippen molar-refractivity contribution >= 4 is 0 Å². The van der Waals surface area contributed by atoms with Crippen LogP contribution in [-0.4, -0.2) is 83.8 Å². The Hall–Kier alpha value is -1.22. The first-order valence-electron chi connectivity index (χ1n) is 7.86. The zero-order valence-corrected chi connectivity index (χ0v) is 12.8. The van der Waals surface area contributed by atoms with Crippen LogP contribution in [0.15, 0.2) is 30.3 Å². The second-order valence-corrected chi connectivity index (χ2v) is 5.86. The van der Waals surface area contributed by atoms with E-state index >= 15 is 0 Å². The molecule has 2 heterocycles. The molecule has 5 atom stereocenters. The average Bonchev–Trinajstić information content (AvgIpc) is 2.59. The Morgan fingerprint density at radius 3 is 2.39 bits per heavy atom. The van der Waals surface area contributed by atoms with Crippen molar-refractivity contribution in [3.63, 3.8) is 0 Å². The Kier molecular flexibility index (Phi) is 5.47. The molecule has 0 aliphatic carbocycles. The van der Waals surface area contributed by atoms with E-state index in [0.717, 1.165) is 13.1 Å². The van der Waals surface area contributed by atoms with Crippen LogP contribution in [0.2, 0.25) is 0 Å². The topological polar surface area (TPSA) is 91.6 Å². The molecule has 128 valence electrons. The fourth-order valence-electron chi connectivity index (χ4n) is 2.84. The Morgan fingerprint density at radius 2 is 1.70 bits per heavy atom. The highest BCUT2D eigenvalue weighted by atomic mass is 16.7. The van der Waals surface area contributed by atoms with E-state index in [4.69, 9.17) is 14.2 Å². The maximum Gasteiger partial charge on any atom is 0.229 e. The number of ether oxygens (including phenoxy) is 3. The highest BCUT2D eigenvalue weighted by molar-refractivity contribution is 5.21. The van der Waals surface area contributed by atoms with Crippen LogP contribution >= 0.6 is 0 Å². The quantitative estimate of drug-likeness (QED) is 0.668. The summed E-state index contributed by atoms with van der Waals surface area (Å²) in [6.45, 7) is 3.21. The normalized spacial score (nSPS) is 35.9. The maximum absolute atomic E-state index is 10.2. The van der Waals surface area contributed by atoms with Gasteiger partial charge in [-0.3, -0.25) is 4.90 Å². The van der Waals surface area contributed by atoms with Gasteiger partial charge in [0, 0.05) is 19.6 Å². The summed E-state index contributed by atoms with van der Waals surface area (Å²) in [5.41, 5.74) is 0. The van der Waals surface area contributed by atoms with Gasteiger partial charge in [0.25, 0.3) is 0 Å². The van der Waals surface area contributed by atoms with Crippen LogP contribution in [0.25, 0.3) is 0 Å². The molecule has 0 radical (unpaired) electrons. The van der Waals surface area contributed by atoms with E-state index in [1.54, 1.807) is 24.3 Å². The molecule has 7 nitrogen and oxygen atoms in total. The van der Waals surface area contributed by atoms with E-state index in [1.165, 1.54) is 0 Å². The van der Waals surface area contributed by atoms with Crippen LogP contribution in [0.3, 0.4) is 0 Å². The second kappa shape index (κ2) is 7.57. The molecular formula is C16H23NO6. The summed E-state index contributed by atoms with van der Waals surface area (Å²) in [6.07, 6.45) is -5.46. The van der Waals surface area contributed by atoms with Crippen molar-refractivity contribution in [3.05, 3.63) is 30.3 Å². The molecule has 3 rings (SSSR count). The van der Waals surface area contributed by atoms with Gasteiger partial charge in [0.05, 0.1) is 13.2 Å². The molecule has 0 saturated carbocycles. The first kappa shape index (κ1) is 16.6. The number of nitrogens with zero attached hydrogens (tertiary/aromatic N) is 1. The first-order chi connectivity index (χ1) is 11.1. The monoisotopic (exact) mass is 325 g/mol. The van der Waals surface area contributed by atoms with Gasteiger partial charge in [0.15, 0.2) is 0 Å². The lowest BCUT2D eigenvalue weighted by molar-refractivity contribution is -0.275. The molecular weight excluding hydrogens is 302 g/mol. The predicted octanol–water partition coefficient (Wildman–Crippen LogP) is -0.795. The molecule has 0 aromatic heterocycles. The van der Waals surface area contributed by atoms with Gasteiger partial charge < -0.3 is 29.5 Å². The zero-order chi connectivity index (χ0) is 16.2. The van der Waals surface area contributed by atoms with Gasteiger partial charge in [-0.2, -0.15) is 0 Å². The molecule has 0 amide bonds. The molecule has 2 saturated heterocycles. The molecule has 3 N–H and O–H groups in total. The van der Waals surface area contributed by atoms with Gasteiger partial charge in [0.1, 0.15) is 30.2 Å². The molecule has 7 heteroatoms. The third kappa shape index (κ3) is 4.00. The van der Waals surface area contributed by atoms with Gasteiger partial charge in [-0.15, -0.1) is 0 Å². The highest BCUT2D eigenvalue weighted by Crippen LogP contribution is 2.25. The van der Waals surface area contributed by atoms with Crippen molar-refractivity contribution in [2.45, 2.75) is 30.7 Å². The first-order valence-corrected chi connectivity index (χ1v) is 7.86. The standard InChI is InChI=1S/C16H23NO6/c18-13-12(10-17-6-8-21-9-7-17)23-16(15(20)14(13)19)22-11-4-2-1-3-5-11/h1-5,12-16,18-20H,6-10H2/t12-,13-,14+,15-,16+/m1/s1. The Morgan fingerprint density at radius 1 is 1.00 bits per heavy atom. The summed E-state index contributed by atoms with van der Waals surface area (Å²) in [5.74, 6) is 0.533. The molecule has 0 unspecified atom stereocenters. The van der Waals surface area contributed by atoms with E-state index in [9.17, 15) is 15.3 Å². The number of para-hydroxylation sites is 1. The van der Waals surface area contributed by atoms with Crippen molar-refractivity contribution < 1.29 is 29.5 Å². The number of morpholine rings is 1. The van der Waals surface area contributed by atoms with Crippen molar-refractivity contribution in [1.29, 1.82) is 0 Å². The lowest BCUT2D eigenvalue weighted by Gasteiger charge is -2.42. The number of benzene rings is 1. The second-order valence-electron chi connectivity index (χ2n) is 5.86. The number of hydrogen-bond acceptors (Lipinski definition) is 7. The van der Waals surface area contributed by atoms with Gasteiger partial charge in [-0.25, -0.2) is 0 Å². The van der Waals surface area contributed by atoms with Gasteiger partial charge >= 0.3 is 0 Å². The molecule has 2 fully saturated rings. The summed E-state index contributed by atoms with van der Waals surface area (Å²) in [4.78, 5) is 2.10. The maximum atomic E-state index is 10.2. The van der Waals surface area contributed by atoms with Crippen molar-refractivity contribution in [2.75, 3.05) is 32.8 Å². The van der Waals surface area contributed by atoms with Gasteiger partial charge in [0.2, 0.25) is 6.29 Å². The molecule has 2 aliphatic heterocycles. The minimum absolute atomic E-state index is 0.447. The Bertz CT molecular complexity index is 481. The summed E-state index contributed by atoms with van der Waals surface area (Å²) in [6, 6.07) is 8.95. The SMILES string of the molecule is O[C@@H]1[C@@H](O)[C@@H](Oc2ccccc2)O[C@H](CN2CCOCC2)[C@H]1O. The molecule has 0 bridgehead atoms.